The molecule has 164 valence electrons. The number of hydrogen-bond donors (Lipinski definition) is 2. The van der Waals surface area contributed by atoms with Crippen LogP contribution in [0, 0.1) is 0 Å². The number of rotatable bonds is 4. The predicted octanol–water partition coefficient (Wildman–Crippen LogP) is 5.48. The molecule has 7 nitrogen and oxygen atoms in total. The molecule has 5 aromatic rings. The fourth-order valence-corrected chi connectivity index (χ4v) is 4.64. The van der Waals surface area contributed by atoms with Crippen LogP contribution in [0.4, 0.5) is 5.95 Å². The highest BCUT2D eigenvalue weighted by Crippen LogP contribution is 2.30. The Morgan fingerprint density at radius 3 is 2.64 bits per heavy atom. The second-order valence-corrected chi connectivity index (χ2v) is 8.55. The van der Waals surface area contributed by atoms with Crippen LogP contribution < -0.4 is 5.32 Å². The quantitative estimate of drug-likeness (QED) is 0.388. The predicted molar refractivity (Wildman–Crippen MR) is 130 cm³/mol. The highest BCUT2D eigenvalue weighted by atomic mass is 16.3. The van der Waals surface area contributed by atoms with Crippen LogP contribution in [-0.4, -0.2) is 35.7 Å². The first kappa shape index (κ1) is 19.7. The van der Waals surface area contributed by atoms with E-state index in [9.17, 15) is 5.11 Å². The topological polar surface area (TPSA) is 88.8 Å². The van der Waals surface area contributed by atoms with Crippen molar-refractivity contribution in [1.82, 2.24) is 24.5 Å². The number of pyridine rings is 1. The van der Waals surface area contributed by atoms with Crippen LogP contribution in [0.2, 0.25) is 0 Å². The summed E-state index contributed by atoms with van der Waals surface area (Å²) in [7, 11) is 0. The monoisotopic (exact) mass is 436 g/mol. The molecule has 0 radical (unpaired) electrons. The average molecular weight is 437 g/mol. The van der Waals surface area contributed by atoms with Crippen molar-refractivity contribution in [2.45, 2.75) is 38.1 Å². The minimum Gasteiger partial charge on any atom is -0.508 e. The summed E-state index contributed by atoms with van der Waals surface area (Å²) in [4.78, 5) is 19.0. The van der Waals surface area contributed by atoms with Gasteiger partial charge >= 0.3 is 0 Å². The largest absolute Gasteiger partial charge is 0.508 e. The lowest BCUT2D eigenvalue weighted by molar-refractivity contribution is 0.461. The zero-order chi connectivity index (χ0) is 22.2. The van der Waals surface area contributed by atoms with E-state index >= 15 is 0 Å². The molecule has 1 fully saturated rings. The third-order valence-corrected chi connectivity index (χ3v) is 6.27. The summed E-state index contributed by atoms with van der Waals surface area (Å²) >= 11 is 0. The Hall–Kier alpha value is -4.00. The normalized spacial score (nSPS) is 14.7. The number of fused-ring (bicyclic) bond motifs is 2. The molecular weight excluding hydrogens is 412 g/mol. The molecule has 0 spiro atoms. The number of hydrogen-bond acceptors (Lipinski definition) is 6. The second-order valence-electron chi connectivity index (χ2n) is 8.55. The average Bonchev–Trinajstić information content (AvgIpc) is 3.23. The molecule has 6 rings (SSSR count). The fraction of sp³-hybridized carbons (Fsp3) is 0.231. The molecule has 3 heterocycles. The SMILES string of the molecule is Oc1ccc2c(c1)nc(-c1ccc3ccccc3n1)n2-c1ccnc(NC2CCCCC2)n1. The molecule has 7 heteroatoms. The molecular formula is C26H24N6O. The maximum absolute atomic E-state index is 10.0. The van der Waals surface area contributed by atoms with Crippen LogP contribution in [0.5, 0.6) is 5.75 Å². The Bertz CT molecular complexity index is 1450. The number of para-hydroxylation sites is 1. The number of phenolic OH excluding ortho intramolecular Hbond substituents is 1. The van der Waals surface area contributed by atoms with E-state index in [1.165, 1.54) is 19.3 Å². The minimum atomic E-state index is 0.174. The van der Waals surface area contributed by atoms with Crippen LogP contribution in [0.3, 0.4) is 0 Å². The van der Waals surface area contributed by atoms with Gasteiger partial charge in [-0.15, -0.1) is 0 Å². The number of imidazole rings is 1. The van der Waals surface area contributed by atoms with Crippen LogP contribution in [-0.2, 0) is 0 Å². The highest BCUT2D eigenvalue weighted by Gasteiger charge is 2.19. The molecule has 0 unspecified atom stereocenters. The molecule has 3 aromatic heterocycles. The lowest BCUT2D eigenvalue weighted by atomic mass is 9.96. The third-order valence-electron chi connectivity index (χ3n) is 6.27. The molecule has 2 N–H and O–H groups in total. The minimum absolute atomic E-state index is 0.174. The Morgan fingerprint density at radius 2 is 1.73 bits per heavy atom. The van der Waals surface area contributed by atoms with Gasteiger partial charge < -0.3 is 10.4 Å². The zero-order valence-corrected chi connectivity index (χ0v) is 18.1. The first-order chi connectivity index (χ1) is 16.2. The summed E-state index contributed by atoms with van der Waals surface area (Å²) < 4.78 is 1.99. The number of aromatic hydroxyl groups is 1. The van der Waals surface area contributed by atoms with E-state index < -0.39 is 0 Å². The Kier molecular flexibility index (Phi) is 4.87. The van der Waals surface area contributed by atoms with E-state index in [0.717, 1.165) is 35.0 Å². The van der Waals surface area contributed by atoms with Crippen LogP contribution >= 0.6 is 0 Å². The van der Waals surface area contributed by atoms with Gasteiger partial charge in [-0.05, 0) is 43.2 Å². The van der Waals surface area contributed by atoms with Gasteiger partial charge in [0.05, 0.1) is 16.6 Å². The van der Waals surface area contributed by atoms with Gasteiger partial charge in [0.25, 0.3) is 0 Å². The van der Waals surface area contributed by atoms with E-state index in [1.54, 1.807) is 18.3 Å². The van der Waals surface area contributed by atoms with Crippen molar-refractivity contribution in [2.24, 2.45) is 0 Å². The molecule has 0 aliphatic heterocycles. The van der Waals surface area contributed by atoms with Gasteiger partial charge in [-0.25, -0.2) is 15.0 Å². The van der Waals surface area contributed by atoms with E-state index in [4.69, 9.17) is 15.0 Å². The highest BCUT2D eigenvalue weighted by molar-refractivity contribution is 5.85. The molecule has 0 saturated heterocycles. The van der Waals surface area contributed by atoms with Crippen molar-refractivity contribution in [2.75, 3.05) is 5.32 Å². The van der Waals surface area contributed by atoms with Gasteiger partial charge in [0.1, 0.15) is 17.3 Å². The molecule has 1 aliphatic rings. The van der Waals surface area contributed by atoms with Crippen LogP contribution in [0.15, 0.2) is 66.9 Å². The lowest BCUT2D eigenvalue weighted by Gasteiger charge is -2.22. The van der Waals surface area contributed by atoms with E-state index in [-0.39, 0.29) is 5.75 Å². The summed E-state index contributed by atoms with van der Waals surface area (Å²) in [6.45, 7) is 0. The van der Waals surface area contributed by atoms with Gasteiger partial charge in [0, 0.05) is 23.7 Å². The van der Waals surface area contributed by atoms with Crippen LogP contribution in [0.25, 0.3) is 39.3 Å². The molecule has 33 heavy (non-hydrogen) atoms. The summed E-state index contributed by atoms with van der Waals surface area (Å²) in [5.41, 5.74) is 3.17. The maximum atomic E-state index is 10.0. The van der Waals surface area contributed by atoms with E-state index in [0.29, 0.717) is 29.1 Å². The summed E-state index contributed by atoms with van der Waals surface area (Å²) in [6, 6.07) is 19.5. The smallest absolute Gasteiger partial charge is 0.224 e. The molecule has 1 saturated carbocycles. The van der Waals surface area contributed by atoms with E-state index in [2.05, 4.69) is 16.4 Å². The summed E-state index contributed by atoms with van der Waals surface area (Å²) in [5.74, 6) is 2.18. The third kappa shape index (κ3) is 3.75. The van der Waals surface area contributed by atoms with Crippen molar-refractivity contribution in [3.05, 3.63) is 66.9 Å². The number of benzene rings is 2. The summed E-state index contributed by atoms with van der Waals surface area (Å²) in [5, 5.41) is 14.6. The first-order valence-electron chi connectivity index (χ1n) is 11.4. The van der Waals surface area contributed by atoms with Crippen LogP contribution in [0.1, 0.15) is 32.1 Å². The lowest BCUT2D eigenvalue weighted by Crippen LogP contribution is -2.23. The van der Waals surface area contributed by atoms with Crippen molar-refractivity contribution in [3.63, 3.8) is 0 Å². The van der Waals surface area contributed by atoms with Crippen molar-refractivity contribution >= 4 is 27.9 Å². The fourth-order valence-electron chi connectivity index (χ4n) is 4.64. The Labute approximate surface area is 191 Å². The van der Waals surface area contributed by atoms with Crippen molar-refractivity contribution in [3.8, 4) is 23.1 Å². The second kappa shape index (κ2) is 8.16. The number of aromatic nitrogens is 5. The van der Waals surface area contributed by atoms with Gasteiger partial charge in [-0.2, -0.15) is 4.98 Å². The molecule has 2 aromatic carbocycles. The zero-order valence-electron chi connectivity index (χ0n) is 18.1. The molecule has 0 bridgehead atoms. The van der Waals surface area contributed by atoms with Crippen molar-refractivity contribution < 1.29 is 5.11 Å². The number of phenols is 1. The Morgan fingerprint density at radius 1 is 0.848 bits per heavy atom. The standard InChI is InChI=1S/C26H24N6O/c33-19-11-13-23-22(16-19)30-25(21-12-10-17-6-4-5-9-20(17)29-21)32(23)24-14-15-27-26(31-24)28-18-7-2-1-3-8-18/h4-6,9-16,18,33H,1-3,7-8H2,(H,27,28,31). The Balaban J connectivity index is 1.49. The van der Waals surface area contributed by atoms with Gasteiger partial charge in [0.2, 0.25) is 5.95 Å². The van der Waals surface area contributed by atoms with Gasteiger partial charge in [-0.1, -0.05) is 43.5 Å². The van der Waals surface area contributed by atoms with Crippen molar-refractivity contribution in [1.29, 1.82) is 0 Å². The summed E-state index contributed by atoms with van der Waals surface area (Å²) in [6.07, 6.45) is 7.85. The first-order valence-corrected chi connectivity index (χ1v) is 11.4. The maximum Gasteiger partial charge on any atom is 0.224 e. The van der Waals surface area contributed by atoms with E-state index in [1.807, 2.05) is 47.0 Å². The number of nitrogens with zero attached hydrogens (tertiary/aromatic N) is 5. The number of anilines is 1. The van der Waals surface area contributed by atoms with Gasteiger partial charge in [0.15, 0.2) is 5.82 Å². The molecule has 0 atom stereocenters. The van der Waals surface area contributed by atoms with Gasteiger partial charge in [-0.3, -0.25) is 4.57 Å². The molecule has 1 aliphatic carbocycles. The molecule has 0 amide bonds. The number of nitrogens with one attached hydrogen (secondary N) is 1.